The van der Waals surface area contributed by atoms with Gasteiger partial charge in [0.05, 0.1) is 24.0 Å². The number of benzene rings is 1. The van der Waals surface area contributed by atoms with Gasteiger partial charge in [-0.25, -0.2) is 4.98 Å². The summed E-state index contributed by atoms with van der Waals surface area (Å²) in [7, 11) is 1.85. The predicted molar refractivity (Wildman–Crippen MR) is 101 cm³/mol. The highest BCUT2D eigenvalue weighted by molar-refractivity contribution is 5.87. The minimum Gasteiger partial charge on any atom is -0.465 e. The van der Waals surface area contributed by atoms with Crippen molar-refractivity contribution in [3.8, 4) is 11.3 Å². The van der Waals surface area contributed by atoms with Gasteiger partial charge in [0.25, 0.3) is 0 Å². The van der Waals surface area contributed by atoms with E-state index in [1.807, 2.05) is 67.1 Å². The molecule has 3 aromatic rings. The molecule has 5 heteroatoms. The van der Waals surface area contributed by atoms with Gasteiger partial charge in [-0.3, -0.25) is 4.79 Å². The van der Waals surface area contributed by atoms with E-state index in [1.165, 1.54) is 0 Å². The van der Waals surface area contributed by atoms with Crippen LogP contribution in [-0.2, 0) is 4.79 Å². The molecule has 1 fully saturated rings. The Hall–Kier alpha value is -3.08. The molecule has 3 heterocycles. The van der Waals surface area contributed by atoms with Crippen molar-refractivity contribution in [2.45, 2.75) is 19.4 Å². The fourth-order valence-electron chi connectivity index (χ4n) is 3.51. The normalized spacial score (nSPS) is 17.9. The predicted octanol–water partition coefficient (Wildman–Crippen LogP) is 4.11. The maximum Gasteiger partial charge on any atom is 0.245 e. The first-order chi connectivity index (χ1) is 12.6. The summed E-state index contributed by atoms with van der Waals surface area (Å²) in [5.41, 5.74) is 3.89. The second-order valence-corrected chi connectivity index (χ2v) is 6.62. The first kappa shape index (κ1) is 16.4. The Balaban J connectivity index is 1.85. The SMILES string of the molecule is CC(=Cc1ccco1)c1c(-c2ccccc2)ncn1C1CCN(C)C1=O. The topological polar surface area (TPSA) is 51.3 Å². The van der Waals surface area contributed by atoms with Crippen molar-refractivity contribution in [3.63, 3.8) is 0 Å². The molecule has 26 heavy (non-hydrogen) atoms. The van der Waals surface area contributed by atoms with Gasteiger partial charge < -0.3 is 13.9 Å². The molecule has 1 aliphatic rings. The number of imidazole rings is 1. The Morgan fingerprint density at radius 2 is 2.04 bits per heavy atom. The van der Waals surface area contributed by atoms with Crippen molar-refractivity contribution in [3.05, 3.63) is 66.5 Å². The van der Waals surface area contributed by atoms with Crippen molar-refractivity contribution in [1.29, 1.82) is 0 Å². The molecule has 2 aromatic heterocycles. The number of carbonyl (C=O) groups is 1. The van der Waals surface area contributed by atoms with Crippen LogP contribution in [0.1, 0.15) is 30.8 Å². The maximum atomic E-state index is 12.6. The highest BCUT2D eigenvalue weighted by Crippen LogP contribution is 2.34. The third-order valence-corrected chi connectivity index (χ3v) is 4.85. The Kier molecular flexibility index (Phi) is 4.21. The quantitative estimate of drug-likeness (QED) is 0.714. The summed E-state index contributed by atoms with van der Waals surface area (Å²) >= 11 is 0. The van der Waals surface area contributed by atoms with Crippen LogP contribution in [0.5, 0.6) is 0 Å². The molecular formula is C21H21N3O2. The van der Waals surface area contributed by atoms with Crippen LogP contribution in [-0.4, -0.2) is 34.0 Å². The summed E-state index contributed by atoms with van der Waals surface area (Å²) in [4.78, 5) is 19.0. The largest absolute Gasteiger partial charge is 0.465 e. The maximum absolute atomic E-state index is 12.6. The number of hydrogen-bond acceptors (Lipinski definition) is 3. The average Bonchev–Trinajstić information content (AvgIpc) is 3.37. The molecule has 0 saturated carbocycles. The Labute approximate surface area is 152 Å². The standard InChI is InChI=1S/C21H21N3O2/c1-15(13-17-9-6-12-26-17)20-19(16-7-4-3-5-8-16)22-14-24(20)18-10-11-23(2)21(18)25/h3-9,12-14,18H,10-11H2,1-2H3. The minimum absolute atomic E-state index is 0.133. The van der Waals surface area contributed by atoms with Gasteiger partial charge in [-0.15, -0.1) is 0 Å². The lowest BCUT2D eigenvalue weighted by molar-refractivity contribution is -0.129. The fourth-order valence-corrected chi connectivity index (χ4v) is 3.51. The van der Waals surface area contributed by atoms with E-state index in [1.54, 1.807) is 17.5 Å². The van der Waals surface area contributed by atoms with Crippen LogP contribution in [0.15, 0.2) is 59.5 Å². The van der Waals surface area contributed by atoms with Gasteiger partial charge in [0.15, 0.2) is 0 Å². The summed E-state index contributed by atoms with van der Waals surface area (Å²) in [5, 5.41) is 0. The molecule has 0 spiro atoms. The summed E-state index contributed by atoms with van der Waals surface area (Å²) in [5.74, 6) is 0.915. The zero-order valence-electron chi connectivity index (χ0n) is 14.9. The van der Waals surface area contributed by atoms with Crippen LogP contribution < -0.4 is 0 Å². The van der Waals surface area contributed by atoms with Gasteiger partial charge >= 0.3 is 0 Å². The van der Waals surface area contributed by atoms with Crippen molar-refractivity contribution >= 4 is 17.6 Å². The van der Waals surface area contributed by atoms with E-state index in [-0.39, 0.29) is 11.9 Å². The molecular weight excluding hydrogens is 326 g/mol. The lowest BCUT2D eigenvalue weighted by atomic mass is 10.0. The van der Waals surface area contributed by atoms with E-state index >= 15 is 0 Å². The van der Waals surface area contributed by atoms with E-state index in [4.69, 9.17) is 4.42 Å². The highest BCUT2D eigenvalue weighted by Gasteiger charge is 2.33. The number of rotatable bonds is 4. The molecule has 1 amide bonds. The first-order valence-electron chi connectivity index (χ1n) is 8.74. The van der Waals surface area contributed by atoms with Gasteiger partial charge in [-0.05, 0) is 37.1 Å². The van der Waals surface area contributed by atoms with E-state index in [0.29, 0.717) is 0 Å². The van der Waals surface area contributed by atoms with Crippen molar-refractivity contribution in [2.75, 3.05) is 13.6 Å². The Morgan fingerprint density at radius 3 is 2.69 bits per heavy atom. The molecule has 0 bridgehead atoms. The lowest BCUT2D eigenvalue weighted by Gasteiger charge is -2.16. The van der Waals surface area contributed by atoms with Gasteiger partial charge in [-0.2, -0.15) is 0 Å². The number of likely N-dealkylation sites (N-methyl/N-ethyl adjacent to an activating group) is 1. The van der Waals surface area contributed by atoms with Crippen LogP contribution >= 0.6 is 0 Å². The zero-order chi connectivity index (χ0) is 18.1. The van der Waals surface area contributed by atoms with Crippen LogP contribution in [0.3, 0.4) is 0 Å². The van der Waals surface area contributed by atoms with E-state index < -0.39 is 0 Å². The van der Waals surface area contributed by atoms with Gasteiger partial charge in [0.1, 0.15) is 11.8 Å². The molecule has 1 atom stereocenters. The van der Waals surface area contributed by atoms with E-state index in [2.05, 4.69) is 4.98 Å². The number of furan rings is 1. The molecule has 1 aromatic carbocycles. The van der Waals surface area contributed by atoms with E-state index in [0.717, 1.165) is 41.3 Å². The molecule has 1 aliphatic heterocycles. The van der Waals surface area contributed by atoms with Crippen LogP contribution in [0.2, 0.25) is 0 Å². The molecule has 5 nitrogen and oxygen atoms in total. The number of amides is 1. The van der Waals surface area contributed by atoms with E-state index in [9.17, 15) is 4.79 Å². The summed E-state index contributed by atoms with van der Waals surface area (Å²) in [6, 6.07) is 13.6. The van der Waals surface area contributed by atoms with Gasteiger partial charge in [0, 0.05) is 19.2 Å². The number of allylic oxidation sites excluding steroid dienone is 1. The second-order valence-electron chi connectivity index (χ2n) is 6.62. The summed E-state index contributed by atoms with van der Waals surface area (Å²) < 4.78 is 7.49. The lowest BCUT2D eigenvalue weighted by Crippen LogP contribution is -2.24. The monoisotopic (exact) mass is 347 g/mol. The van der Waals surface area contributed by atoms with Gasteiger partial charge in [0.2, 0.25) is 5.91 Å². The molecule has 1 saturated heterocycles. The van der Waals surface area contributed by atoms with Crippen LogP contribution in [0.25, 0.3) is 22.9 Å². The minimum atomic E-state index is -0.208. The Bertz CT molecular complexity index is 939. The highest BCUT2D eigenvalue weighted by atomic mass is 16.3. The fraction of sp³-hybridized carbons (Fsp3) is 0.238. The molecule has 1 unspecified atom stereocenters. The molecule has 0 radical (unpaired) electrons. The smallest absolute Gasteiger partial charge is 0.245 e. The van der Waals surface area contributed by atoms with Crippen LogP contribution in [0, 0.1) is 0 Å². The molecule has 0 N–H and O–H groups in total. The summed E-state index contributed by atoms with van der Waals surface area (Å²) in [6.45, 7) is 2.80. The molecule has 132 valence electrons. The first-order valence-corrected chi connectivity index (χ1v) is 8.74. The molecule has 4 rings (SSSR count). The number of carbonyl (C=O) groups excluding carboxylic acids is 1. The third kappa shape index (κ3) is 2.86. The number of aromatic nitrogens is 2. The Morgan fingerprint density at radius 1 is 1.23 bits per heavy atom. The third-order valence-electron chi connectivity index (χ3n) is 4.85. The average molecular weight is 347 g/mol. The molecule has 0 aliphatic carbocycles. The second kappa shape index (κ2) is 6.67. The number of hydrogen-bond donors (Lipinski definition) is 0. The summed E-state index contributed by atoms with van der Waals surface area (Å²) in [6.07, 6.45) is 6.23. The van der Waals surface area contributed by atoms with Gasteiger partial charge in [-0.1, -0.05) is 30.3 Å². The van der Waals surface area contributed by atoms with Crippen molar-refractivity contribution in [1.82, 2.24) is 14.5 Å². The zero-order valence-corrected chi connectivity index (χ0v) is 14.9. The van der Waals surface area contributed by atoms with Crippen LogP contribution in [0.4, 0.5) is 0 Å². The number of nitrogens with zero attached hydrogens (tertiary/aromatic N) is 3. The number of likely N-dealkylation sites (tertiary alicyclic amines) is 1. The van der Waals surface area contributed by atoms with Crippen molar-refractivity contribution in [2.24, 2.45) is 0 Å². The van der Waals surface area contributed by atoms with Crippen molar-refractivity contribution < 1.29 is 9.21 Å².